The number of benzene rings is 1. The predicted octanol–water partition coefficient (Wildman–Crippen LogP) is 2.67. The maximum Gasteiger partial charge on any atom is 0.269 e. The van der Waals surface area contributed by atoms with E-state index in [1.165, 1.54) is 0 Å². The van der Waals surface area contributed by atoms with Gasteiger partial charge in [0.2, 0.25) is 0 Å². The van der Waals surface area contributed by atoms with Crippen LogP contribution < -0.4 is 5.32 Å². The minimum absolute atomic E-state index is 0.209. The minimum atomic E-state index is -0.209. The van der Waals surface area contributed by atoms with Gasteiger partial charge >= 0.3 is 0 Å². The summed E-state index contributed by atoms with van der Waals surface area (Å²) in [5.74, 6) is -0.209. The third-order valence-electron chi connectivity index (χ3n) is 3.51. The monoisotopic (exact) mass is 307 g/mol. The van der Waals surface area contributed by atoms with Gasteiger partial charge in [-0.2, -0.15) is 0 Å². The van der Waals surface area contributed by atoms with Crippen LogP contribution in [0.15, 0.2) is 54.9 Å². The molecule has 0 radical (unpaired) electrons. The lowest BCUT2D eigenvalue weighted by molar-refractivity contribution is 0.0932. The average Bonchev–Trinajstić information content (AvgIpc) is 2.61. The molecule has 0 aliphatic heterocycles. The number of hydrogen-bond donors (Lipinski definition) is 1. The first-order chi connectivity index (χ1) is 11.3. The average molecular weight is 307 g/mol. The molecule has 0 unspecified atom stereocenters. The lowest BCUT2D eigenvalue weighted by Crippen LogP contribution is -2.27. The maximum atomic E-state index is 12.2. The van der Waals surface area contributed by atoms with Crippen LogP contribution in [0.2, 0.25) is 0 Å². The summed E-state index contributed by atoms with van der Waals surface area (Å²) in [5.41, 5.74) is 3.09. The van der Waals surface area contributed by atoms with Crippen LogP contribution >= 0.6 is 0 Å². The molecular formula is C18H17N3O2. The molecule has 0 bridgehead atoms. The van der Waals surface area contributed by atoms with Crippen molar-refractivity contribution in [2.45, 2.75) is 0 Å². The fraction of sp³-hybridized carbons (Fsp3) is 0.167. The van der Waals surface area contributed by atoms with Crippen molar-refractivity contribution in [1.29, 1.82) is 0 Å². The third-order valence-corrected chi connectivity index (χ3v) is 3.51. The topological polar surface area (TPSA) is 64.1 Å². The third kappa shape index (κ3) is 3.35. The second-order valence-corrected chi connectivity index (χ2v) is 5.07. The maximum absolute atomic E-state index is 12.2. The van der Waals surface area contributed by atoms with Gasteiger partial charge in [0.15, 0.2) is 0 Å². The summed E-state index contributed by atoms with van der Waals surface area (Å²) >= 11 is 0. The Morgan fingerprint density at radius 1 is 1.13 bits per heavy atom. The van der Waals surface area contributed by atoms with Gasteiger partial charge in [0.05, 0.1) is 12.1 Å². The molecule has 116 valence electrons. The number of ether oxygens (including phenoxy) is 1. The highest BCUT2D eigenvalue weighted by Gasteiger charge is 2.11. The summed E-state index contributed by atoms with van der Waals surface area (Å²) in [6.45, 7) is 0.926. The van der Waals surface area contributed by atoms with E-state index < -0.39 is 0 Å². The first-order valence-corrected chi connectivity index (χ1v) is 7.37. The highest BCUT2D eigenvalue weighted by Crippen LogP contribution is 2.26. The summed E-state index contributed by atoms with van der Waals surface area (Å²) in [7, 11) is 1.60. The molecule has 0 aliphatic carbocycles. The first kappa shape index (κ1) is 15.1. The Kier molecular flexibility index (Phi) is 4.59. The van der Waals surface area contributed by atoms with Crippen LogP contribution in [-0.2, 0) is 4.74 Å². The number of pyridine rings is 2. The van der Waals surface area contributed by atoms with Gasteiger partial charge < -0.3 is 10.1 Å². The molecule has 1 aromatic carbocycles. The number of amides is 1. The molecule has 0 saturated carbocycles. The summed E-state index contributed by atoms with van der Waals surface area (Å²) in [5, 5.41) is 3.68. The second kappa shape index (κ2) is 6.98. The van der Waals surface area contributed by atoms with E-state index >= 15 is 0 Å². The summed E-state index contributed by atoms with van der Waals surface area (Å²) in [6, 6.07) is 13.5. The first-order valence-electron chi connectivity index (χ1n) is 7.37. The number of methoxy groups -OCH3 is 1. The van der Waals surface area contributed by atoms with Crippen LogP contribution in [0, 0.1) is 0 Å². The number of carbonyl (C=O) groups excluding carboxylic acids is 1. The molecule has 3 aromatic rings. The van der Waals surface area contributed by atoms with Crippen molar-refractivity contribution in [3.63, 3.8) is 0 Å². The summed E-state index contributed by atoms with van der Waals surface area (Å²) in [6.07, 6.45) is 3.53. The van der Waals surface area contributed by atoms with Crippen molar-refractivity contribution in [2.24, 2.45) is 0 Å². The molecular weight excluding hydrogens is 290 g/mol. The van der Waals surface area contributed by atoms with E-state index in [1.54, 1.807) is 25.6 Å². The van der Waals surface area contributed by atoms with E-state index in [0.717, 1.165) is 22.0 Å². The highest BCUT2D eigenvalue weighted by molar-refractivity contribution is 5.98. The zero-order valence-electron chi connectivity index (χ0n) is 12.8. The lowest BCUT2D eigenvalue weighted by Gasteiger charge is -2.08. The van der Waals surface area contributed by atoms with Gasteiger partial charge in [-0.25, -0.2) is 4.98 Å². The number of rotatable bonds is 5. The molecule has 2 heterocycles. The standard InChI is InChI=1S/C18H17N3O2/c1-23-10-9-20-18(22)16-8-7-14-11-19-12-15(17(14)21-16)13-5-3-2-4-6-13/h2-8,11-12H,9-10H2,1H3,(H,20,22). The smallest absolute Gasteiger partial charge is 0.269 e. The van der Waals surface area contributed by atoms with Crippen LogP contribution in [0.4, 0.5) is 0 Å². The van der Waals surface area contributed by atoms with E-state index in [4.69, 9.17) is 4.74 Å². The van der Waals surface area contributed by atoms with Crippen molar-refractivity contribution >= 4 is 16.8 Å². The molecule has 0 fully saturated rings. The Bertz CT molecular complexity index is 819. The summed E-state index contributed by atoms with van der Waals surface area (Å²) in [4.78, 5) is 21.0. The second-order valence-electron chi connectivity index (χ2n) is 5.07. The summed E-state index contributed by atoms with van der Waals surface area (Å²) < 4.78 is 4.93. The predicted molar refractivity (Wildman–Crippen MR) is 89.2 cm³/mol. The van der Waals surface area contributed by atoms with Crippen LogP contribution in [0.3, 0.4) is 0 Å². The number of aromatic nitrogens is 2. The van der Waals surface area contributed by atoms with E-state index in [2.05, 4.69) is 15.3 Å². The van der Waals surface area contributed by atoms with Gasteiger partial charge in [-0.05, 0) is 17.7 Å². The Balaban J connectivity index is 2.00. The number of nitrogens with one attached hydrogen (secondary N) is 1. The van der Waals surface area contributed by atoms with Crippen LogP contribution in [-0.4, -0.2) is 36.1 Å². The number of carbonyl (C=O) groups is 1. The van der Waals surface area contributed by atoms with Gasteiger partial charge in [-0.1, -0.05) is 30.3 Å². The Hall–Kier alpha value is -2.79. The molecule has 0 saturated heterocycles. The van der Waals surface area contributed by atoms with Crippen LogP contribution in [0.25, 0.3) is 22.0 Å². The van der Waals surface area contributed by atoms with Crippen molar-refractivity contribution < 1.29 is 9.53 Å². The Labute approximate surface area is 134 Å². The van der Waals surface area contributed by atoms with E-state index in [1.807, 2.05) is 36.4 Å². The molecule has 0 atom stereocenters. The molecule has 0 aliphatic rings. The van der Waals surface area contributed by atoms with Gasteiger partial charge in [0.25, 0.3) is 5.91 Å². The molecule has 5 nitrogen and oxygen atoms in total. The van der Waals surface area contributed by atoms with Gasteiger partial charge in [0, 0.05) is 37.0 Å². The number of nitrogens with zero attached hydrogens (tertiary/aromatic N) is 2. The van der Waals surface area contributed by atoms with E-state index in [0.29, 0.717) is 18.8 Å². The van der Waals surface area contributed by atoms with Crippen LogP contribution in [0.5, 0.6) is 0 Å². The quantitative estimate of drug-likeness (QED) is 0.736. The molecule has 5 heteroatoms. The van der Waals surface area contributed by atoms with Crippen molar-refractivity contribution in [2.75, 3.05) is 20.3 Å². The minimum Gasteiger partial charge on any atom is -0.383 e. The fourth-order valence-corrected chi connectivity index (χ4v) is 2.36. The van der Waals surface area contributed by atoms with E-state index in [-0.39, 0.29) is 5.91 Å². The molecule has 23 heavy (non-hydrogen) atoms. The Morgan fingerprint density at radius 2 is 1.96 bits per heavy atom. The van der Waals surface area contributed by atoms with Crippen molar-refractivity contribution in [1.82, 2.24) is 15.3 Å². The van der Waals surface area contributed by atoms with Crippen molar-refractivity contribution in [3.05, 3.63) is 60.6 Å². The largest absolute Gasteiger partial charge is 0.383 e. The molecule has 2 aromatic heterocycles. The molecule has 1 amide bonds. The lowest BCUT2D eigenvalue weighted by atomic mass is 10.0. The van der Waals surface area contributed by atoms with E-state index in [9.17, 15) is 4.79 Å². The Morgan fingerprint density at radius 3 is 2.74 bits per heavy atom. The van der Waals surface area contributed by atoms with Gasteiger partial charge in [-0.15, -0.1) is 0 Å². The number of fused-ring (bicyclic) bond motifs is 1. The van der Waals surface area contributed by atoms with Crippen LogP contribution in [0.1, 0.15) is 10.5 Å². The highest BCUT2D eigenvalue weighted by atomic mass is 16.5. The van der Waals surface area contributed by atoms with Crippen molar-refractivity contribution in [3.8, 4) is 11.1 Å². The van der Waals surface area contributed by atoms with Gasteiger partial charge in [0.1, 0.15) is 5.69 Å². The zero-order valence-corrected chi connectivity index (χ0v) is 12.8. The normalized spacial score (nSPS) is 10.7. The zero-order chi connectivity index (χ0) is 16.1. The molecule has 1 N–H and O–H groups in total. The fourth-order valence-electron chi connectivity index (χ4n) is 2.36. The molecule has 0 spiro atoms. The molecule has 3 rings (SSSR count). The van der Waals surface area contributed by atoms with Gasteiger partial charge in [-0.3, -0.25) is 9.78 Å². The SMILES string of the molecule is COCCNC(=O)c1ccc2cncc(-c3ccccc3)c2n1. The number of hydrogen-bond acceptors (Lipinski definition) is 4.